The van der Waals surface area contributed by atoms with Gasteiger partial charge in [-0.15, -0.1) is 0 Å². The summed E-state index contributed by atoms with van der Waals surface area (Å²) in [4.78, 5) is 7.08. The lowest BCUT2D eigenvalue weighted by atomic mass is 9.85. The number of hydrogen-bond acceptors (Lipinski definition) is 2. The van der Waals surface area contributed by atoms with Crippen molar-refractivity contribution in [2.45, 2.75) is 24.2 Å². The molecule has 16 heavy (non-hydrogen) atoms. The molecule has 1 aromatic heterocycles. The normalized spacial score (nSPS) is 24.5. The maximum Gasteiger partial charge on any atom is 0.0634 e. The van der Waals surface area contributed by atoms with Crippen molar-refractivity contribution < 1.29 is 0 Å². The van der Waals surface area contributed by atoms with Gasteiger partial charge in [0.15, 0.2) is 0 Å². The average molecular weight is 304 g/mol. The van der Waals surface area contributed by atoms with Crippen LogP contribution in [0.1, 0.15) is 18.4 Å². The number of alkyl halides is 1. The Hall–Kier alpha value is -0.120. The van der Waals surface area contributed by atoms with Crippen molar-refractivity contribution >= 4 is 27.5 Å². The predicted molar refractivity (Wildman–Crippen MR) is 71.0 cm³/mol. The molecule has 2 rings (SSSR count). The Morgan fingerprint density at radius 2 is 2.31 bits per heavy atom. The molecule has 88 valence electrons. The molecule has 0 aromatic carbocycles. The highest BCUT2D eigenvalue weighted by Crippen LogP contribution is 2.33. The van der Waals surface area contributed by atoms with Gasteiger partial charge in [-0.2, -0.15) is 0 Å². The summed E-state index contributed by atoms with van der Waals surface area (Å²) in [7, 11) is 2.15. The molecule has 0 aliphatic heterocycles. The lowest BCUT2D eigenvalue weighted by Crippen LogP contribution is -2.34. The molecule has 0 radical (unpaired) electrons. The van der Waals surface area contributed by atoms with E-state index in [1.807, 2.05) is 6.07 Å². The van der Waals surface area contributed by atoms with Gasteiger partial charge in [0.2, 0.25) is 0 Å². The molecule has 1 saturated carbocycles. The van der Waals surface area contributed by atoms with Crippen LogP contribution < -0.4 is 0 Å². The fourth-order valence-electron chi connectivity index (χ4n) is 2.13. The number of aromatic nitrogens is 1. The molecule has 0 spiro atoms. The summed E-state index contributed by atoms with van der Waals surface area (Å²) in [5.74, 6) is 0.843. The number of hydrogen-bond donors (Lipinski definition) is 0. The van der Waals surface area contributed by atoms with E-state index in [-0.39, 0.29) is 0 Å². The van der Waals surface area contributed by atoms with Crippen LogP contribution in [0, 0.1) is 5.92 Å². The fraction of sp³-hybridized carbons (Fsp3) is 0.583. The minimum absolute atomic E-state index is 0.746. The molecule has 0 N–H and O–H groups in total. The molecule has 1 heterocycles. The lowest BCUT2D eigenvalue weighted by molar-refractivity contribution is 0.208. The van der Waals surface area contributed by atoms with Crippen molar-refractivity contribution in [1.29, 1.82) is 0 Å². The van der Waals surface area contributed by atoms with Crippen molar-refractivity contribution in [3.8, 4) is 0 Å². The predicted octanol–water partition coefficient (Wildman–Crippen LogP) is 3.34. The average Bonchev–Trinajstić information content (AvgIpc) is 2.19. The van der Waals surface area contributed by atoms with Gasteiger partial charge in [-0.25, -0.2) is 0 Å². The van der Waals surface area contributed by atoms with Gasteiger partial charge in [0.25, 0.3) is 0 Å². The largest absolute Gasteiger partial charge is 0.302 e. The summed E-state index contributed by atoms with van der Waals surface area (Å²) in [5.41, 5.74) is 1.16. The lowest BCUT2D eigenvalue weighted by Gasteiger charge is -2.34. The fourth-order valence-corrected chi connectivity index (χ4v) is 3.37. The van der Waals surface area contributed by atoms with Crippen LogP contribution in [0.25, 0.3) is 0 Å². The summed E-state index contributed by atoms with van der Waals surface area (Å²) in [6.07, 6.45) is 6.11. The first-order valence-corrected chi connectivity index (χ1v) is 6.85. The van der Waals surface area contributed by atoms with Gasteiger partial charge in [-0.3, -0.25) is 4.98 Å². The van der Waals surface area contributed by atoms with Gasteiger partial charge < -0.3 is 4.90 Å². The molecule has 0 saturated heterocycles. The molecule has 0 atom stereocenters. The molecular weight excluding hydrogens is 288 g/mol. The molecule has 4 heteroatoms. The molecule has 2 nitrogen and oxygen atoms in total. The maximum absolute atomic E-state index is 6.08. The van der Waals surface area contributed by atoms with Crippen molar-refractivity contribution in [1.82, 2.24) is 9.88 Å². The quantitative estimate of drug-likeness (QED) is 0.793. The second kappa shape index (κ2) is 5.48. The van der Waals surface area contributed by atoms with E-state index < -0.39 is 0 Å². The van der Waals surface area contributed by atoms with Gasteiger partial charge in [-0.1, -0.05) is 27.5 Å². The van der Waals surface area contributed by atoms with Crippen LogP contribution in [0.4, 0.5) is 0 Å². The summed E-state index contributed by atoms with van der Waals surface area (Å²) < 4.78 is 0. The first kappa shape index (κ1) is 12.3. The minimum Gasteiger partial charge on any atom is -0.302 e. The van der Waals surface area contributed by atoms with Gasteiger partial charge in [0, 0.05) is 30.3 Å². The SMILES string of the molecule is CN(Cc1ccncc1Cl)CC1CC(Br)C1. The Morgan fingerprint density at radius 3 is 2.94 bits per heavy atom. The van der Waals surface area contributed by atoms with E-state index in [4.69, 9.17) is 11.6 Å². The Balaban J connectivity index is 1.83. The Bertz CT molecular complexity index is 353. The molecule has 1 aromatic rings. The third kappa shape index (κ3) is 3.19. The van der Waals surface area contributed by atoms with Crippen LogP contribution in [-0.4, -0.2) is 28.3 Å². The van der Waals surface area contributed by atoms with Crippen molar-refractivity contribution in [2.24, 2.45) is 5.92 Å². The van der Waals surface area contributed by atoms with Gasteiger partial charge >= 0.3 is 0 Å². The van der Waals surface area contributed by atoms with E-state index >= 15 is 0 Å². The molecule has 1 aliphatic rings. The first-order valence-electron chi connectivity index (χ1n) is 5.56. The second-order valence-electron chi connectivity index (χ2n) is 4.60. The summed E-state index contributed by atoms with van der Waals surface area (Å²) in [5, 5.41) is 0.765. The first-order chi connectivity index (χ1) is 7.65. The Morgan fingerprint density at radius 1 is 1.56 bits per heavy atom. The van der Waals surface area contributed by atoms with E-state index in [0.717, 1.165) is 34.4 Å². The maximum atomic E-state index is 6.08. The minimum atomic E-state index is 0.746. The summed E-state index contributed by atoms with van der Waals surface area (Å²) in [6.45, 7) is 2.06. The third-order valence-corrected chi connectivity index (χ3v) is 4.13. The standard InChI is InChI=1S/C12H16BrClN2/c1-16(7-9-4-11(13)5-9)8-10-2-3-15-6-12(10)14/h2-3,6,9,11H,4-5,7-8H2,1H3. The monoisotopic (exact) mass is 302 g/mol. The summed E-state index contributed by atoms with van der Waals surface area (Å²) in [6, 6.07) is 1.99. The van der Waals surface area contributed by atoms with Crippen molar-refractivity contribution in [2.75, 3.05) is 13.6 Å². The molecule has 1 aliphatic carbocycles. The van der Waals surface area contributed by atoms with Crippen LogP contribution in [0.2, 0.25) is 5.02 Å². The zero-order chi connectivity index (χ0) is 11.5. The topological polar surface area (TPSA) is 16.1 Å². The van der Waals surface area contributed by atoms with Gasteiger partial charge in [0.05, 0.1) is 5.02 Å². The van der Waals surface area contributed by atoms with E-state index in [1.165, 1.54) is 12.8 Å². The zero-order valence-electron chi connectivity index (χ0n) is 9.37. The number of pyridine rings is 1. The van der Waals surface area contributed by atoms with Crippen LogP contribution in [-0.2, 0) is 6.54 Å². The molecule has 1 fully saturated rings. The third-order valence-electron chi connectivity index (χ3n) is 3.04. The van der Waals surface area contributed by atoms with E-state index in [1.54, 1.807) is 12.4 Å². The molecule has 0 unspecified atom stereocenters. The molecule has 0 bridgehead atoms. The Kier molecular flexibility index (Phi) is 4.22. The smallest absolute Gasteiger partial charge is 0.0634 e. The van der Waals surface area contributed by atoms with Crippen LogP contribution in [0.5, 0.6) is 0 Å². The van der Waals surface area contributed by atoms with Gasteiger partial charge in [0.1, 0.15) is 0 Å². The van der Waals surface area contributed by atoms with E-state index in [9.17, 15) is 0 Å². The van der Waals surface area contributed by atoms with Crippen LogP contribution in [0.15, 0.2) is 18.5 Å². The zero-order valence-corrected chi connectivity index (χ0v) is 11.7. The van der Waals surface area contributed by atoms with Crippen LogP contribution in [0.3, 0.4) is 0 Å². The van der Waals surface area contributed by atoms with E-state index in [2.05, 4.69) is 32.9 Å². The highest BCUT2D eigenvalue weighted by molar-refractivity contribution is 9.09. The molecule has 0 amide bonds. The van der Waals surface area contributed by atoms with Gasteiger partial charge in [-0.05, 0) is 37.4 Å². The Labute approximate surface area is 110 Å². The molecular formula is C12H16BrClN2. The van der Waals surface area contributed by atoms with E-state index in [0.29, 0.717) is 0 Å². The second-order valence-corrected chi connectivity index (χ2v) is 6.30. The highest BCUT2D eigenvalue weighted by atomic mass is 79.9. The highest BCUT2D eigenvalue weighted by Gasteiger charge is 2.27. The number of nitrogens with zero attached hydrogens (tertiary/aromatic N) is 2. The summed E-state index contributed by atoms with van der Waals surface area (Å²) >= 11 is 9.70. The van der Waals surface area contributed by atoms with Crippen LogP contribution >= 0.6 is 27.5 Å². The van der Waals surface area contributed by atoms with Crippen molar-refractivity contribution in [3.05, 3.63) is 29.0 Å². The number of halogens is 2. The number of rotatable bonds is 4. The van der Waals surface area contributed by atoms with Crippen molar-refractivity contribution in [3.63, 3.8) is 0 Å².